The van der Waals surface area contributed by atoms with Crippen LogP contribution >= 0.6 is 35.3 Å². The molecule has 3 N–H and O–H groups in total. The number of rotatable bonds is 5. The van der Waals surface area contributed by atoms with Crippen molar-refractivity contribution in [3.05, 3.63) is 16.5 Å². The first-order valence-corrected chi connectivity index (χ1v) is 6.69. The lowest BCUT2D eigenvalue weighted by molar-refractivity contribution is 0.581. The molecular formula is C7H12Cl2N2O2S2. The summed E-state index contributed by atoms with van der Waals surface area (Å²) in [6.45, 7) is 0.821. The van der Waals surface area contributed by atoms with E-state index in [0.29, 0.717) is 23.8 Å². The van der Waals surface area contributed by atoms with E-state index >= 15 is 0 Å². The van der Waals surface area contributed by atoms with Crippen LogP contribution in [0.25, 0.3) is 0 Å². The zero-order chi connectivity index (χ0) is 10.6. The van der Waals surface area contributed by atoms with Gasteiger partial charge < -0.3 is 5.73 Å². The first-order chi connectivity index (χ1) is 6.56. The molecule has 8 heteroatoms. The van der Waals surface area contributed by atoms with E-state index in [0.717, 1.165) is 11.3 Å². The van der Waals surface area contributed by atoms with E-state index in [-0.39, 0.29) is 16.6 Å². The van der Waals surface area contributed by atoms with Crippen molar-refractivity contribution in [1.29, 1.82) is 0 Å². The molecule has 1 rings (SSSR count). The molecule has 0 aliphatic heterocycles. The molecule has 0 amide bonds. The molecule has 0 aliphatic carbocycles. The van der Waals surface area contributed by atoms with Crippen LogP contribution in [0.2, 0.25) is 4.34 Å². The number of hydrogen-bond acceptors (Lipinski definition) is 4. The average Bonchev–Trinajstić information content (AvgIpc) is 2.53. The van der Waals surface area contributed by atoms with E-state index in [1.54, 1.807) is 6.07 Å². The molecule has 0 unspecified atom stereocenters. The second kappa shape index (κ2) is 6.67. The summed E-state index contributed by atoms with van der Waals surface area (Å²) in [6.07, 6.45) is 0.623. The monoisotopic (exact) mass is 290 g/mol. The van der Waals surface area contributed by atoms with Crippen LogP contribution in [0, 0.1) is 0 Å². The molecule has 0 radical (unpaired) electrons. The maximum Gasteiger partial charge on any atom is 0.250 e. The van der Waals surface area contributed by atoms with Crippen LogP contribution in [-0.4, -0.2) is 21.5 Å². The standard InChI is InChI=1S/C7H11ClN2O2S2.ClH/c8-6-2-3-7(13-6)14(11,12)10-5-1-4-9;/h2-3,10H,1,4-5,9H2;1H. The lowest BCUT2D eigenvalue weighted by Crippen LogP contribution is -2.25. The molecule has 0 bridgehead atoms. The van der Waals surface area contributed by atoms with E-state index in [2.05, 4.69) is 4.72 Å². The van der Waals surface area contributed by atoms with E-state index in [1.165, 1.54) is 6.07 Å². The van der Waals surface area contributed by atoms with Crippen molar-refractivity contribution >= 4 is 45.4 Å². The van der Waals surface area contributed by atoms with Gasteiger partial charge in [0.2, 0.25) is 10.0 Å². The number of nitrogens with two attached hydrogens (primary N) is 1. The molecule has 0 atom stereocenters. The molecule has 15 heavy (non-hydrogen) atoms. The minimum atomic E-state index is -3.38. The Bertz CT molecular complexity index is 391. The largest absolute Gasteiger partial charge is 0.330 e. The third-order valence-electron chi connectivity index (χ3n) is 1.49. The Balaban J connectivity index is 0.00000196. The molecule has 0 saturated carbocycles. The van der Waals surface area contributed by atoms with E-state index in [9.17, 15) is 8.42 Å². The number of hydrogen-bond donors (Lipinski definition) is 2. The first kappa shape index (κ1) is 15.2. The lowest BCUT2D eigenvalue weighted by Gasteiger charge is -2.02. The highest BCUT2D eigenvalue weighted by Crippen LogP contribution is 2.25. The van der Waals surface area contributed by atoms with Gasteiger partial charge in [-0.25, -0.2) is 13.1 Å². The van der Waals surface area contributed by atoms with Crippen molar-refractivity contribution < 1.29 is 8.42 Å². The van der Waals surface area contributed by atoms with E-state index in [4.69, 9.17) is 17.3 Å². The molecular weight excluding hydrogens is 279 g/mol. The lowest BCUT2D eigenvalue weighted by atomic mass is 10.4. The molecule has 1 aromatic heterocycles. The Kier molecular flexibility index (Phi) is 6.74. The molecule has 0 aromatic carbocycles. The van der Waals surface area contributed by atoms with Crippen molar-refractivity contribution in [2.75, 3.05) is 13.1 Å². The van der Waals surface area contributed by atoms with Gasteiger partial charge in [0.05, 0.1) is 4.34 Å². The molecule has 1 heterocycles. The molecule has 0 aliphatic rings. The van der Waals surface area contributed by atoms with Crippen molar-refractivity contribution in [3.8, 4) is 0 Å². The molecule has 88 valence electrons. The van der Waals surface area contributed by atoms with Gasteiger partial charge in [-0.3, -0.25) is 0 Å². The van der Waals surface area contributed by atoms with Gasteiger partial charge in [-0.2, -0.15) is 0 Å². The summed E-state index contributed by atoms with van der Waals surface area (Å²) < 4.78 is 26.2. The predicted octanol–water partition coefficient (Wildman–Crippen LogP) is 1.45. The van der Waals surface area contributed by atoms with Crippen molar-refractivity contribution in [3.63, 3.8) is 0 Å². The first-order valence-electron chi connectivity index (χ1n) is 4.01. The summed E-state index contributed by atoms with van der Waals surface area (Å²) in [6, 6.07) is 3.04. The fourth-order valence-electron chi connectivity index (χ4n) is 0.822. The number of sulfonamides is 1. The quantitative estimate of drug-likeness (QED) is 0.807. The van der Waals surface area contributed by atoms with Gasteiger partial charge in [0.1, 0.15) is 4.21 Å². The van der Waals surface area contributed by atoms with Crippen LogP contribution in [0.5, 0.6) is 0 Å². The van der Waals surface area contributed by atoms with Gasteiger partial charge >= 0.3 is 0 Å². The van der Waals surface area contributed by atoms with Gasteiger partial charge in [0.25, 0.3) is 0 Å². The highest BCUT2D eigenvalue weighted by atomic mass is 35.5. The predicted molar refractivity (Wildman–Crippen MR) is 65.4 cm³/mol. The number of halogens is 2. The maximum atomic E-state index is 11.5. The van der Waals surface area contributed by atoms with E-state index < -0.39 is 10.0 Å². The summed E-state index contributed by atoms with van der Waals surface area (Å²) in [5.41, 5.74) is 5.25. The molecule has 0 spiro atoms. The van der Waals surface area contributed by atoms with Crippen LogP contribution in [0.4, 0.5) is 0 Å². The SMILES string of the molecule is Cl.NCCCNS(=O)(=O)c1ccc(Cl)s1. The summed E-state index contributed by atoms with van der Waals surface area (Å²) in [5, 5.41) is 0. The van der Waals surface area contributed by atoms with Crippen LogP contribution in [0.15, 0.2) is 16.3 Å². The van der Waals surface area contributed by atoms with Crippen LogP contribution in [-0.2, 0) is 10.0 Å². The third kappa shape index (κ3) is 4.67. The Labute approximate surface area is 104 Å². The van der Waals surface area contributed by atoms with Crippen molar-refractivity contribution in [1.82, 2.24) is 4.72 Å². The highest BCUT2D eigenvalue weighted by Gasteiger charge is 2.15. The Morgan fingerprint density at radius 2 is 2.13 bits per heavy atom. The number of nitrogens with one attached hydrogen (secondary N) is 1. The highest BCUT2D eigenvalue weighted by molar-refractivity contribution is 7.91. The summed E-state index contributed by atoms with van der Waals surface area (Å²) in [5.74, 6) is 0. The Hall–Kier alpha value is 0.150. The van der Waals surface area contributed by atoms with Crippen LogP contribution in [0.3, 0.4) is 0 Å². The maximum absolute atomic E-state index is 11.5. The van der Waals surface area contributed by atoms with E-state index in [1.807, 2.05) is 0 Å². The van der Waals surface area contributed by atoms with Gasteiger partial charge in [-0.1, -0.05) is 11.6 Å². The van der Waals surface area contributed by atoms with Gasteiger partial charge in [0.15, 0.2) is 0 Å². The van der Waals surface area contributed by atoms with Crippen molar-refractivity contribution in [2.45, 2.75) is 10.6 Å². The minimum Gasteiger partial charge on any atom is -0.330 e. The molecule has 0 fully saturated rings. The third-order valence-corrected chi connectivity index (χ3v) is 4.67. The topological polar surface area (TPSA) is 72.2 Å². The van der Waals surface area contributed by atoms with Gasteiger partial charge in [0, 0.05) is 6.54 Å². The van der Waals surface area contributed by atoms with Crippen LogP contribution in [0.1, 0.15) is 6.42 Å². The average molecular weight is 291 g/mol. The zero-order valence-corrected chi connectivity index (χ0v) is 11.0. The zero-order valence-electron chi connectivity index (χ0n) is 7.77. The smallest absolute Gasteiger partial charge is 0.250 e. The Morgan fingerprint density at radius 3 is 2.60 bits per heavy atom. The minimum absolute atomic E-state index is 0. The van der Waals surface area contributed by atoms with Gasteiger partial charge in [-0.15, -0.1) is 23.7 Å². The second-order valence-corrected chi connectivity index (χ2v) is 6.31. The summed E-state index contributed by atoms with van der Waals surface area (Å²) in [7, 11) is -3.38. The number of thiophene rings is 1. The molecule has 1 aromatic rings. The molecule has 4 nitrogen and oxygen atoms in total. The summed E-state index contributed by atoms with van der Waals surface area (Å²) in [4.78, 5) is 0. The fourth-order valence-corrected chi connectivity index (χ4v) is 3.42. The fraction of sp³-hybridized carbons (Fsp3) is 0.429. The second-order valence-electron chi connectivity index (χ2n) is 2.60. The Morgan fingerprint density at radius 1 is 1.47 bits per heavy atom. The normalized spacial score (nSPS) is 11.1. The van der Waals surface area contributed by atoms with Crippen LogP contribution < -0.4 is 10.5 Å². The van der Waals surface area contributed by atoms with Crippen molar-refractivity contribution in [2.24, 2.45) is 5.73 Å². The molecule has 0 saturated heterocycles. The summed E-state index contributed by atoms with van der Waals surface area (Å²) >= 11 is 6.67. The van der Waals surface area contributed by atoms with Gasteiger partial charge in [-0.05, 0) is 25.1 Å².